The molecular weight excluding hydrogens is 376 g/mol. The molecule has 1 N–H and O–H groups in total. The molecule has 3 aromatic rings. The molecule has 0 unspecified atom stereocenters. The maximum atomic E-state index is 13.4. The van der Waals surface area contributed by atoms with Gasteiger partial charge in [0.15, 0.2) is 0 Å². The average Bonchev–Trinajstić information content (AvgIpc) is 3.01. The number of nitrogens with zero attached hydrogens (tertiary/aromatic N) is 3. The molecule has 0 radical (unpaired) electrons. The zero-order chi connectivity index (χ0) is 21.1. The van der Waals surface area contributed by atoms with E-state index in [1.807, 2.05) is 84.2 Å². The highest BCUT2D eigenvalue weighted by Crippen LogP contribution is 2.25. The van der Waals surface area contributed by atoms with Crippen LogP contribution in [-0.4, -0.2) is 33.3 Å². The van der Waals surface area contributed by atoms with Crippen LogP contribution in [0.5, 0.6) is 0 Å². The highest BCUT2D eigenvalue weighted by Gasteiger charge is 2.29. The normalized spacial score (nSPS) is 15.1. The minimum absolute atomic E-state index is 0.0230. The molecule has 30 heavy (non-hydrogen) atoms. The van der Waals surface area contributed by atoms with Crippen LogP contribution in [0.3, 0.4) is 0 Å². The molecule has 4 rings (SSSR count). The Bertz CT molecular complexity index is 1060. The molecule has 0 spiro atoms. The fourth-order valence-corrected chi connectivity index (χ4v) is 4.11. The molecule has 0 bridgehead atoms. The zero-order valence-corrected chi connectivity index (χ0v) is 17.5. The van der Waals surface area contributed by atoms with E-state index in [1.54, 1.807) is 4.68 Å². The number of anilines is 1. The van der Waals surface area contributed by atoms with Crippen molar-refractivity contribution in [2.24, 2.45) is 7.05 Å². The minimum Gasteiger partial charge on any atom is -0.364 e. The second-order valence-electron chi connectivity index (χ2n) is 7.81. The maximum absolute atomic E-state index is 13.4. The standard InChI is InChI=1S/C24H28N4O2/c1-18-21(24(30)28(26(18)2)20-14-8-4-9-15-20)25-22(19-12-6-3-7-13-19)23(29)27-16-10-5-11-17-27/h3-4,6-9,12-15,22,25H,5,10-11,16-17H2,1-2H3/t22-/m0/s1. The zero-order valence-electron chi connectivity index (χ0n) is 17.5. The summed E-state index contributed by atoms with van der Waals surface area (Å²) in [6.45, 7) is 3.44. The van der Waals surface area contributed by atoms with Crippen molar-refractivity contribution >= 4 is 11.6 Å². The molecule has 156 valence electrons. The number of nitrogens with one attached hydrogen (secondary N) is 1. The summed E-state index contributed by atoms with van der Waals surface area (Å²) < 4.78 is 3.46. The van der Waals surface area contributed by atoms with Gasteiger partial charge in [0, 0.05) is 20.1 Å². The van der Waals surface area contributed by atoms with Crippen LogP contribution in [-0.2, 0) is 11.8 Å². The van der Waals surface area contributed by atoms with Gasteiger partial charge in [0.2, 0.25) is 5.91 Å². The lowest BCUT2D eigenvalue weighted by molar-refractivity contribution is -0.133. The molecule has 1 fully saturated rings. The van der Waals surface area contributed by atoms with Crippen LogP contribution >= 0.6 is 0 Å². The number of rotatable bonds is 5. The van der Waals surface area contributed by atoms with E-state index in [9.17, 15) is 9.59 Å². The van der Waals surface area contributed by atoms with Crippen molar-refractivity contribution in [1.82, 2.24) is 14.3 Å². The lowest BCUT2D eigenvalue weighted by atomic mass is 10.0. The number of carbonyl (C=O) groups excluding carboxylic acids is 1. The lowest BCUT2D eigenvalue weighted by Crippen LogP contribution is -2.41. The first-order valence-corrected chi connectivity index (χ1v) is 10.5. The van der Waals surface area contributed by atoms with Gasteiger partial charge in [0.1, 0.15) is 11.7 Å². The summed E-state index contributed by atoms with van der Waals surface area (Å²) in [6, 6.07) is 18.6. The molecule has 0 saturated carbocycles. The van der Waals surface area contributed by atoms with Gasteiger partial charge in [-0.3, -0.25) is 14.3 Å². The summed E-state index contributed by atoms with van der Waals surface area (Å²) in [5.74, 6) is 0.0230. The molecule has 2 heterocycles. The van der Waals surface area contributed by atoms with Crippen molar-refractivity contribution < 1.29 is 4.79 Å². The van der Waals surface area contributed by atoms with Crippen LogP contribution in [0.2, 0.25) is 0 Å². The van der Waals surface area contributed by atoms with Crippen LogP contribution in [0.25, 0.3) is 5.69 Å². The monoisotopic (exact) mass is 404 g/mol. The summed E-state index contributed by atoms with van der Waals surface area (Å²) in [5, 5.41) is 3.31. The molecule has 1 amide bonds. The van der Waals surface area contributed by atoms with E-state index in [2.05, 4.69) is 5.32 Å². The van der Waals surface area contributed by atoms with Gasteiger partial charge in [0.05, 0.1) is 11.4 Å². The quantitative estimate of drug-likeness (QED) is 0.706. The van der Waals surface area contributed by atoms with E-state index in [1.165, 1.54) is 0 Å². The smallest absolute Gasteiger partial charge is 0.295 e. The summed E-state index contributed by atoms with van der Waals surface area (Å²) in [7, 11) is 1.86. The summed E-state index contributed by atoms with van der Waals surface area (Å²) in [6.07, 6.45) is 3.21. The average molecular weight is 405 g/mol. The SMILES string of the molecule is Cc1c(N[C@H](C(=O)N2CCCCC2)c2ccccc2)c(=O)n(-c2ccccc2)n1C. The molecular formula is C24H28N4O2. The summed E-state index contributed by atoms with van der Waals surface area (Å²) in [4.78, 5) is 28.7. The number of hydrogen-bond donors (Lipinski definition) is 1. The third-order valence-corrected chi connectivity index (χ3v) is 5.89. The van der Waals surface area contributed by atoms with E-state index < -0.39 is 6.04 Å². The number of aromatic nitrogens is 2. The van der Waals surface area contributed by atoms with Gasteiger partial charge in [-0.25, -0.2) is 4.68 Å². The number of carbonyl (C=O) groups is 1. The van der Waals surface area contributed by atoms with Gasteiger partial charge in [-0.2, -0.15) is 0 Å². The van der Waals surface area contributed by atoms with Crippen LogP contribution in [0.1, 0.15) is 36.6 Å². The highest BCUT2D eigenvalue weighted by atomic mass is 16.2. The van der Waals surface area contributed by atoms with Crippen LogP contribution in [0.15, 0.2) is 65.5 Å². The van der Waals surface area contributed by atoms with Gasteiger partial charge in [-0.1, -0.05) is 48.5 Å². The first-order valence-electron chi connectivity index (χ1n) is 10.5. The number of amides is 1. The number of piperidine rings is 1. The second-order valence-corrected chi connectivity index (χ2v) is 7.81. The Morgan fingerprint density at radius 2 is 1.53 bits per heavy atom. The van der Waals surface area contributed by atoms with Crippen molar-refractivity contribution in [3.63, 3.8) is 0 Å². The van der Waals surface area contributed by atoms with Crippen molar-refractivity contribution in [3.8, 4) is 5.69 Å². The summed E-state index contributed by atoms with van der Waals surface area (Å²) in [5.41, 5.74) is 2.74. The summed E-state index contributed by atoms with van der Waals surface area (Å²) >= 11 is 0. The predicted molar refractivity (Wildman–Crippen MR) is 119 cm³/mol. The fraction of sp³-hybridized carbons (Fsp3) is 0.333. The number of likely N-dealkylation sites (tertiary alicyclic amines) is 1. The van der Waals surface area contributed by atoms with Gasteiger partial charge in [0.25, 0.3) is 5.56 Å². The van der Waals surface area contributed by atoms with E-state index in [0.717, 1.165) is 49.3 Å². The lowest BCUT2D eigenvalue weighted by Gasteiger charge is -2.31. The van der Waals surface area contributed by atoms with Crippen molar-refractivity contribution in [2.45, 2.75) is 32.2 Å². The molecule has 1 aliphatic heterocycles. The van der Waals surface area contributed by atoms with E-state index in [0.29, 0.717) is 5.69 Å². The van der Waals surface area contributed by atoms with Gasteiger partial charge in [-0.15, -0.1) is 0 Å². The van der Waals surface area contributed by atoms with Crippen LogP contribution < -0.4 is 10.9 Å². The molecule has 1 saturated heterocycles. The van der Waals surface area contributed by atoms with E-state index in [-0.39, 0.29) is 11.5 Å². The predicted octanol–water partition coefficient (Wildman–Crippen LogP) is 3.65. The molecule has 1 aliphatic rings. The number of para-hydroxylation sites is 1. The van der Waals surface area contributed by atoms with Crippen LogP contribution in [0, 0.1) is 6.92 Å². The van der Waals surface area contributed by atoms with E-state index in [4.69, 9.17) is 0 Å². The third-order valence-electron chi connectivity index (χ3n) is 5.89. The van der Waals surface area contributed by atoms with Gasteiger partial charge in [-0.05, 0) is 43.9 Å². The second kappa shape index (κ2) is 8.61. The Balaban J connectivity index is 1.73. The molecule has 6 nitrogen and oxygen atoms in total. The third kappa shape index (κ3) is 3.77. The molecule has 0 aliphatic carbocycles. The van der Waals surface area contributed by atoms with Crippen LogP contribution in [0.4, 0.5) is 5.69 Å². The molecule has 1 atom stereocenters. The topological polar surface area (TPSA) is 59.3 Å². The minimum atomic E-state index is -0.595. The maximum Gasteiger partial charge on any atom is 0.295 e. The van der Waals surface area contributed by atoms with E-state index >= 15 is 0 Å². The Morgan fingerprint density at radius 1 is 0.933 bits per heavy atom. The first kappa shape index (κ1) is 20.0. The Kier molecular flexibility index (Phi) is 5.74. The fourth-order valence-electron chi connectivity index (χ4n) is 4.11. The largest absolute Gasteiger partial charge is 0.364 e. The highest BCUT2D eigenvalue weighted by molar-refractivity contribution is 5.86. The molecule has 6 heteroatoms. The van der Waals surface area contributed by atoms with Gasteiger partial charge >= 0.3 is 0 Å². The van der Waals surface area contributed by atoms with Crippen molar-refractivity contribution in [3.05, 3.63) is 82.3 Å². The van der Waals surface area contributed by atoms with Crippen molar-refractivity contribution in [1.29, 1.82) is 0 Å². The number of hydrogen-bond acceptors (Lipinski definition) is 3. The van der Waals surface area contributed by atoms with Crippen molar-refractivity contribution in [2.75, 3.05) is 18.4 Å². The molecule has 1 aromatic heterocycles. The Morgan fingerprint density at radius 3 is 2.17 bits per heavy atom. The first-order chi connectivity index (χ1) is 14.6. The number of benzene rings is 2. The molecule has 2 aromatic carbocycles. The Labute approximate surface area is 176 Å². The Hall–Kier alpha value is -3.28. The van der Waals surface area contributed by atoms with Gasteiger partial charge < -0.3 is 10.2 Å².